The van der Waals surface area contributed by atoms with Crippen LogP contribution in [0.25, 0.3) is 11.3 Å². The Kier molecular flexibility index (Phi) is 6.02. The van der Waals surface area contributed by atoms with Crippen LogP contribution < -0.4 is 0 Å². The van der Waals surface area contributed by atoms with E-state index in [0.717, 1.165) is 28.6 Å². The van der Waals surface area contributed by atoms with Crippen molar-refractivity contribution in [2.75, 3.05) is 26.2 Å². The maximum Gasteiger partial charge on any atom is 0.416 e. The molecule has 0 bridgehead atoms. The average Bonchev–Trinajstić information content (AvgIpc) is 3.29. The molecule has 1 fully saturated rings. The lowest BCUT2D eigenvalue weighted by atomic mass is 10.2. The molecule has 33 heavy (non-hydrogen) atoms. The van der Waals surface area contributed by atoms with Crippen LogP contribution in [0.5, 0.6) is 0 Å². The van der Waals surface area contributed by atoms with Gasteiger partial charge in [0, 0.05) is 31.7 Å². The van der Waals surface area contributed by atoms with Gasteiger partial charge in [-0.3, -0.25) is 4.79 Å². The largest absolute Gasteiger partial charge is 0.451 e. The number of alkyl halides is 3. The number of hydrogen-bond donors (Lipinski definition) is 0. The number of carbonyl (C=O) groups excluding carboxylic acids is 1. The van der Waals surface area contributed by atoms with Gasteiger partial charge in [-0.2, -0.15) is 17.5 Å². The maximum absolute atomic E-state index is 13.1. The summed E-state index contributed by atoms with van der Waals surface area (Å²) in [5, 5.41) is 0. The van der Waals surface area contributed by atoms with Crippen LogP contribution in [0.2, 0.25) is 0 Å². The fourth-order valence-electron chi connectivity index (χ4n) is 3.47. The molecule has 2 aromatic carbocycles. The molecule has 1 aliphatic rings. The standard InChI is InChI=1S/C22H18F4N2O4S/c23-17-5-1-15(2-6-17)19-9-10-20(32-19)21(29)27-11-13-28(14-12-27)33(30,31)18-7-3-16(4-8-18)22(24,25)26/h1-10H,11-14H2. The second kappa shape index (κ2) is 8.64. The number of halogens is 4. The lowest BCUT2D eigenvalue weighted by Crippen LogP contribution is -2.50. The molecule has 0 N–H and O–H groups in total. The first-order valence-electron chi connectivity index (χ1n) is 9.88. The molecule has 1 aliphatic heterocycles. The minimum Gasteiger partial charge on any atom is -0.451 e. The summed E-state index contributed by atoms with van der Waals surface area (Å²) in [5.74, 6) is -0.365. The molecule has 174 valence electrons. The lowest BCUT2D eigenvalue weighted by molar-refractivity contribution is -0.137. The van der Waals surface area contributed by atoms with Crippen molar-refractivity contribution in [3.63, 3.8) is 0 Å². The van der Waals surface area contributed by atoms with E-state index in [9.17, 15) is 30.8 Å². The summed E-state index contributed by atoms with van der Waals surface area (Å²) >= 11 is 0. The molecular weight excluding hydrogens is 464 g/mol. The minimum atomic E-state index is -4.56. The van der Waals surface area contributed by atoms with E-state index < -0.39 is 33.5 Å². The topological polar surface area (TPSA) is 70.8 Å². The highest BCUT2D eigenvalue weighted by Gasteiger charge is 2.33. The molecule has 0 radical (unpaired) electrons. The number of sulfonamides is 1. The van der Waals surface area contributed by atoms with Crippen LogP contribution >= 0.6 is 0 Å². The summed E-state index contributed by atoms with van der Waals surface area (Å²) in [4.78, 5) is 13.9. The molecule has 1 aromatic heterocycles. The van der Waals surface area contributed by atoms with Crippen LogP contribution in [0.1, 0.15) is 16.1 Å². The Balaban J connectivity index is 1.41. The molecule has 4 rings (SSSR count). The summed E-state index contributed by atoms with van der Waals surface area (Å²) in [6.45, 7) is 0.151. The fraction of sp³-hybridized carbons (Fsp3) is 0.227. The normalized spacial score (nSPS) is 15.6. The van der Waals surface area contributed by atoms with E-state index in [1.165, 1.54) is 35.2 Å². The summed E-state index contributed by atoms with van der Waals surface area (Å²) in [7, 11) is -4.00. The lowest BCUT2D eigenvalue weighted by Gasteiger charge is -2.33. The zero-order valence-electron chi connectivity index (χ0n) is 17.0. The Morgan fingerprint density at radius 3 is 2.03 bits per heavy atom. The van der Waals surface area contributed by atoms with Gasteiger partial charge >= 0.3 is 6.18 Å². The third kappa shape index (κ3) is 4.79. The number of amides is 1. The summed E-state index contributed by atoms with van der Waals surface area (Å²) in [6, 6.07) is 12.0. The smallest absolute Gasteiger partial charge is 0.416 e. The molecule has 6 nitrogen and oxygen atoms in total. The predicted molar refractivity (Wildman–Crippen MR) is 110 cm³/mol. The van der Waals surface area contributed by atoms with Crippen molar-refractivity contribution in [3.8, 4) is 11.3 Å². The number of furan rings is 1. The second-order valence-electron chi connectivity index (χ2n) is 7.39. The molecular formula is C22H18F4N2O4S. The van der Waals surface area contributed by atoms with Gasteiger partial charge in [-0.15, -0.1) is 0 Å². The third-order valence-corrected chi connectivity index (χ3v) is 7.20. The van der Waals surface area contributed by atoms with E-state index in [0.29, 0.717) is 11.3 Å². The van der Waals surface area contributed by atoms with E-state index >= 15 is 0 Å². The molecule has 0 aliphatic carbocycles. The molecule has 1 amide bonds. The van der Waals surface area contributed by atoms with Crippen LogP contribution in [0, 0.1) is 5.82 Å². The Bertz CT molecular complexity index is 1240. The monoisotopic (exact) mass is 482 g/mol. The zero-order chi connectivity index (χ0) is 23.8. The van der Waals surface area contributed by atoms with Crippen LogP contribution in [0.15, 0.2) is 70.0 Å². The van der Waals surface area contributed by atoms with Crippen LogP contribution in [0.4, 0.5) is 17.6 Å². The average molecular weight is 482 g/mol. The number of piperazine rings is 1. The van der Waals surface area contributed by atoms with E-state index in [1.807, 2.05) is 0 Å². The highest BCUT2D eigenvalue weighted by molar-refractivity contribution is 7.89. The molecule has 0 saturated carbocycles. The summed E-state index contributed by atoms with van der Waals surface area (Å²) < 4.78 is 83.5. The Morgan fingerprint density at radius 2 is 1.45 bits per heavy atom. The minimum absolute atomic E-state index is 0.0133. The SMILES string of the molecule is O=C(c1ccc(-c2ccc(F)cc2)o1)N1CCN(S(=O)(=O)c2ccc(C(F)(F)F)cc2)CC1. The van der Waals surface area contributed by atoms with E-state index in [4.69, 9.17) is 4.42 Å². The highest BCUT2D eigenvalue weighted by Crippen LogP contribution is 2.30. The second-order valence-corrected chi connectivity index (χ2v) is 9.33. The first-order chi connectivity index (χ1) is 15.6. The van der Waals surface area contributed by atoms with Gasteiger partial charge < -0.3 is 9.32 Å². The number of nitrogens with zero attached hydrogens (tertiary/aromatic N) is 2. The Labute approximate surface area is 187 Å². The van der Waals surface area contributed by atoms with Gasteiger partial charge in [-0.25, -0.2) is 12.8 Å². The zero-order valence-corrected chi connectivity index (χ0v) is 17.9. The molecule has 0 unspecified atom stereocenters. The van der Waals surface area contributed by atoms with E-state index in [-0.39, 0.29) is 36.8 Å². The fourth-order valence-corrected chi connectivity index (χ4v) is 4.90. The molecule has 3 aromatic rings. The van der Waals surface area contributed by atoms with Crippen molar-refractivity contribution < 1.29 is 35.2 Å². The van der Waals surface area contributed by atoms with Gasteiger partial charge in [0.1, 0.15) is 11.6 Å². The third-order valence-electron chi connectivity index (χ3n) is 5.29. The van der Waals surface area contributed by atoms with Crippen molar-refractivity contribution in [2.45, 2.75) is 11.1 Å². The number of benzene rings is 2. The molecule has 0 atom stereocenters. The van der Waals surface area contributed by atoms with Crippen molar-refractivity contribution >= 4 is 15.9 Å². The predicted octanol–water partition coefficient (Wildman–Crippen LogP) is 4.25. The maximum atomic E-state index is 13.1. The van der Waals surface area contributed by atoms with Gasteiger partial charge in [0.2, 0.25) is 10.0 Å². The first-order valence-corrected chi connectivity index (χ1v) is 11.3. The van der Waals surface area contributed by atoms with Gasteiger partial charge in [0.05, 0.1) is 10.5 Å². The summed E-state index contributed by atoms with van der Waals surface area (Å²) in [5.41, 5.74) is -0.335. The molecule has 0 spiro atoms. The molecule has 1 saturated heterocycles. The van der Waals surface area contributed by atoms with Crippen molar-refractivity contribution in [1.82, 2.24) is 9.21 Å². The summed E-state index contributed by atoms with van der Waals surface area (Å²) in [6.07, 6.45) is -4.56. The molecule has 11 heteroatoms. The van der Waals surface area contributed by atoms with Crippen molar-refractivity contribution in [3.05, 3.63) is 77.8 Å². The van der Waals surface area contributed by atoms with Crippen molar-refractivity contribution in [2.24, 2.45) is 0 Å². The Morgan fingerprint density at radius 1 is 0.848 bits per heavy atom. The van der Waals surface area contributed by atoms with Crippen LogP contribution in [-0.4, -0.2) is 49.7 Å². The number of rotatable bonds is 4. The van der Waals surface area contributed by atoms with Gasteiger partial charge in [0.15, 0.2) is 5.76 Å². The Hall–Kier alpha value is -3.18. The first kappa shape index (κ1) is 23.0. The van der Waals surface area contributed by atoms with Crippen LogP contribution in [0.3, 0.4) is 0 Å². The van der Waals surface area contributed by atoms with Crippen molar-refractivity contribution in [1.29, 1.82) is 0 Å². The molecule has 2 heterocycles. The van der Waals surface area contributed by atoms with Gasteiger partial charge in [0.25, 0.3) is 5.91 Å². The number of hydrogen-bond acceptors (Lipinski definition) is 4. The van der Waals surface area contributed by atoms with Crippen LogP contribution in [-0.2, 0) is 16.2 Å². The quantitative estimate of drug-likeness (QED) is 0.522. The number of carbonyl (C=O) groups is 1. The van der Waals surface area contributed by atoms with E-state index in [1.54, 1.807) is 6.07 Å². The van der Waals surface area contributed by atoms with E-state index in [2.05, 4.69) is 0 Å². The van der Waals surface area contributed by atoms with Gasteiger partial charge in [-0.05, 0) is 60.7 Å². The highest BCUT2D eigenvalue weighted by atomic mass is 32.2. The van der Waals surface area contributed by atoms with Gasteiger partial charge in [-0.1, -0.05) is 0 Å².